The number of furan rings is 1. The lowest BCUT2D eigenvalue weighted by Crippen LogP contribution is -2.10. The van der Waals surface area contributed by atoms with E-state index in [9.17, 15) is 0 Å². The molecule has 0 N–H and O–H groups in total. The van der Waals surface area contributed by atoms with Crippen molar-refractivity contribution in [2.24, 2.45) is 0 Å². The normalized spacial score (nSPS) is 11.9. The first-order valence-corrected chi connectivity index (χ1v) is 19.5. The molecule has 0 aliphatic rings. The van der Waals surface area contributed by atoms with E-state index < -0.39 is 0 Å². The van der Waals surface area contributed by atoms with Gasteiger partial charge in [-0.1, -0.05) is 133 Å². The molecule has 0 saturated heterocycles. The first-order chi connectivity index (χ1) is 28.3. The Balaban J connectivity index is 1.08. The van der Waals surface area contributed by atoms with E-state index in [1.807, 2.05) is 12.1 Å². The highest BCUT2D eigenvalue weighted by molar-refractivity contribution is 6.26. The van der Waals surface area contributed by atoms with Crippen LogP contribution in [0.4, 0.5) is 17.1 Å². The third-order valence-electron chi connectivity index (χ3n) is 11.7. The predicted molar refractivity (Wildman–Crippen MR) is 241 cm³/mol. The number of hydrogen-bond acceptors (Lipinski definition) is 2. The van der Waals surface area contributed by atoms with Crippen molar-refractivity contribution < 1.29 is 4.42 Å². The lowest BCUT2D eigenvalue weighted by Gasteiger charge is -2.27. The molecule has 0 bridgehead atoms. The van der Waals surface area contributed by atoms with Crippen molar-refractivity contribution in [2.75, 3.05) is 4.90 Å². The second-order valence-corrected chi connectivity index (χ2v) is 14.9. The van der Waals surface area contributed by atoms with E-state index in [1.165, 1.54) is 54.1 Å². The molecule has 0 atom stereocenters. The molecule has 3 nitrogen and oxygen atoms in total. The molecule has 0 aliphatic heterocycles. The second kappa shape index (κ2) is 12.5. The van der Waals surface area contributed by atoms with E-state index in [4.69, 9.17) is 4.42 Å². The standard InChI is InChI=1S/C54H34N2O/c1-2-19-43-41(17-1)42-18-3-4-20-44(42)50-34-40(28-30-45(43)50)55(37-14-11-13-35(31-37)36-27-29-49-48-23-7-10-26-53(48)57-54(49)32-36)38-15-12-16-39(33-38)56-51-24-8-5-21-46(51)47-22-6-9-25-52(47)56/h1-34H. The van der Waals surface area contributed by atoms with E-state index in [0.29, 0.717) is 0 Å². The van der Waals surface area contributed by atoms with Crippen LogP contribution in [0.2, 0.25) is 0 Å². The summed E-state index contributed by atoms with van der Waals surface area (Å²) in [7, 11) is 0. The van der Waals surface area contributed by atoms with Crippen LogP contribution in [-0.2, 0) is 0 Å². The van der Waals surface area contributed by atoms with Gasteiger partial charge in [0.1, 0.15) is 11.2 Å². The average molecular weight is 727 g/mol. The molecule has 0 spiro atoms. The Hall–Kier alpha value is -7.62. The van der Waals surface area contributed by atoms with Crippen LogP contribution in [0.1, 0.15) is 0 Å². The van der Waals surface area contributed by atoms with Crippen LogP contribution in [0.25, 0.3) is 92.9 Å². The summed E-state index contributed by atoms with van der Waals surface area (Å²) in [5, 5.41) is 12.3. The molecule has 57 heavy (non-hydrogen) atoms. The number of hydrogen-bond donors (Lipinski definition) is 0. The Morgan fingerprint density at radius 2 is 0.789 bits per heavy atom. The molecule has 12 aromatic rings. The second-order valence-electron chi connectivity index (χ2n) is 14.9. The van der Waals surface area contributed by atoms with Gasteiger partial charge in [0.25, 0.3) is 0 Å². The summed E-state index contributed by atoms with van der Waals surface area (Å²) in [5.41, 5.74) is 10.8. The Kier molecular flexibility index (Phi) is 6.93. The van der Waals surface area contributed by atoms with Gasteiger partial charge in [-0.15, -0.1) is 0 Å². The number of para-hydroxylation sites is 3. The number of aromatic nitrogens is 1. The fourth-order valence-corrected chi connectivity index (χ4v) is 9.18. The predicted octanol–water partition coefficient (Wildman–Crippen LogP) is 15.3. The number of rotatable bonds is 5. The van der Waals surface area contributed by atoms with Crippen LogP contribution in [0, 0.1) is 0 Å². The minimum atomic E-state index is 0.892. The molecule has 0 unspecified atom stereocenters. The largest absolute Gasteiger partial charge is 0.456 e. The van der Waals surface area contributed by atoms with Crippen molar-refractivity contribution in [1.29, 1.82) is 0 Å². The van der Waals surface area contributed by atoms with Crippen LogP contribution < -0.4 is 4.90 Å². The van der Waals surface area contributed by atoms with Crippen molar-refractivity contribution in [3.8, 4) is 16.8 Å². The minimum absolute atomic E-state index is 0.892. The number of anilines is 3. The third kappa shape index (κ3) is 4.92. The monoisotopic (exact) mass is 726 g/mol. The molecule has 0 fully saturated rings. The number of nitrogens with zero attached hydrogens (tertiary/aromatic N) is 2. The van der Waals surface area contributed by atoms with Gasteiger partial charge in [0, 0.05) is 44.3 Å². The molecule has 10 aromatic carbocycles. The topological polar surface area (TPSA) is 21.3 Å². The molecule has 3 heteroatoms. The maximum atomic E-state index is 6.33. The van der Waals surface area contributed by atoms with Crippen LogP contribution >= 0.6 is 0 Å². The Morgan fingerprint density at radius 1 is 0.298 bits per heavy atom. The molecule has 12 rings (SSSR count). The van der Waals surface area contributed by atoms with Crippen molar-refractivity contribution in [3.63, 3.8) is 0 Å². The van der Waals surface area contributed by atoms with Crippen molar-refractivity contribution in [1.82, 2.24) is 4.57 Å². The average Bonchev–Trinajstić information content (AvgIpc) is 3.82. The molecule has 2 heterocycles. The van der Waals surface area contributed by atoms with Crippen LogP contribution in [0.15, 0.2) is 211 Å². The SMILES string of the molecule is c1cc(-c2ccc3c(c2)oc2ccccc23)cc(N(c2cccc(-n3c4ccccc4c4ccccc43)c2)c2ccc3c4ccccc4c4ccccc4c3c2)c1. The van der Waals surface area contributed by atoms with Crippen LogP contribution in [0.5, 0.6) is 0 Å². The maximum Gasteiger partial charge on any atom is 0.136 e. The maximum absolute atomic E-state index is 6.33. The molecular weight excluding hydrogens is 693 g/mol. The number of benzene rings is 10. The first kappa shape index (κ1) is 31.7. The van der Waals surface area contributed by atoms with Gasteiger partial charge >= 0.3 is 0 Å². The summed E-state index contributed by atoms with van der Waals surface area (Å²) in [6, 6.07) is 74.6. The van der Waals surface area contributed by atoms with Crippen LogP contribution in [-0.4, -0.2) is 4.57 Å². The van der Waals surface area contributed by atoms with Gasteiger partial charge in [-0.25, -0.2) is 0 Å². The van der Waals surface area contributed by atoms with Crippen molar-refractivity contribution >= 4 is 93.1 Å². The van der Waals surface area contributed by atoms with Gasteiger partial charge in [-0.2, -0.15) is 0 Å². The summed E-state index contributed by atoms with van der Waals surface area (Å²) in [6.07, 6.45) is 0. The van der Waals surface area contributed by atoms with Gasteiger partial charge in [0.05, 0.1) is 11.0 Å². The van der Waals surface area contributed by atoms with E-state index in [0.717, 1.165) is 55.8 Å². The van der Waals surface area contributed by atoms with E-state index in [-0.39, 0.29) is 0 Å². The summed E-state index contributed by atoms with van der Waals surface area (Å²) in [5.74, 6) is 0. The lowest BCUT2D eigenvalue weighted by atomic mass is 9.94. The molecule has 0 amide bonds. The van der Waals surface area contributed by atoms with Gasteiger partial charge < -0.3 is 13.9 Å². The molecule has 0 aliphatic carbocycles. The molecule has 2 aromatic heterocycles. The summed E-state index contributed by atoms with van der Waals surface area (Å²) in [4.78, 5) is 2.41. The zero-order valence-corrected chi connectivity index (χ0v) is 30.9. The number of fused-ring (bicyclic) bond motifs is 12. The first-order valence-electron chi connectivity index (χ1n) is 19.5. The highest BCUT2D eigenvalue weighted by Crippen LogP contribution is 2.43. The van der Waals surface area contributed by atoms with Gasteiger partial charge in [-0.3, -0.25) is 0 Å². The summed E-state index contributed by atoms with van der Waals surface area (Å²) >= 11 is 0. The Morgan fingerprint density at radius 3 is 1.49 bits per heavy atom. The zero-order valence-electron chi connectivity index (χ0n) is 30.9. The smallest absolute Gasteiger partial charge is 0.136 e. The van der Waals surface area contributed by atoms with Crippen molar-refractivity contribution in [2.45, 2.75) is 0 Å². The van der Waals surface area contributed by atoms with Gasteiger partial charge in [-0.05, 0) is 116 Å². The molecule has 0 saturated carbocycles. The highest BCUT2D eigenvalue weighted by atomic mass is 16.3. The minimum Gasteiger partial charge on any atom is -0.456 e. The molecule has 0 radical (unpaired) electrons. The van der Waals surface area contributed by atoms with E-state index in [1.54, 1.807) is 0 Å². The summed E-state index contributed by atoms with van der Waals surface area (Å²) < 4.78 is 8.73. The fourth-order valence-electron chi connectivity index (χ4n) is 9.18. The molecule has 266 valence electrons. The lowest BCUT2D eigenvalue weighted by molar-refractivity contribution is 0.669. The third-order valence-corrected chi connectivity index (χ3v) is 11.7. The van der Waals surface area contributed by atoms with E-state index >= 15 is 0 Å². The fraction of sp³-hybridized carbons (Fsp3) is 0. The molecular formula is C54H34N2O. The van der Waals surface area contributed by atoms with E-state index in [2.05, 4.69) is 204 Å². The zero-order chi connectivity index (χ0) is 37.5. The quantitative estimate of drug-likeness (QED) is 0.165. The Labute approximate surface area is 328 Å². The summed E-state index contributed by atoms with van der Waals surface area (Å²) in [6.45, 7) is 0. The van der Waals surface area contributed by atoms with Gasteiger partial charge in [0.15, 0.2) is 0 Å². The van der Waals surface area contributed by atoms with Crippen LogP contribution in [0.3, 0.4) is 0 Å². The Bertz CT molecular complexity index is 3460. The highest BCUT2D eigenvalue weighted by Gasteiger charge is 2.19. The van der Waals surface area contributed by atoms with Crippen molar-refractivity contribution in [3.05, 3.63) is 206 Å². The van der Waals surface area contributed by atoms with Gasteiger partial charge in [0.2, 0.25) is 0 Å².